The number of nitrogens with one attached hydrogen (secondary N) is 3. The molecule has 3 atom stereocenters. The molecule has 0 bridgehead atoms. The number of amides is 2. The molecule has 3 aromatic carbocycles. The summed E-state index contributed by atoms with van der Waals surface area (Å²) < 4.78 is 22.6. The van der Waals surface area contributed by atoms with Crippen molar-refractivity contribution in [3.8, 4) is 5.75 Å². The summed E-state index contributed by atoms with van der Waals surface area (Å²) in [5, 5.41) is 14.7. The fraction of sp³-hybridized carbons (Fsp3) is 0.405. The zero-order chi connectivity index (χ0) is 36.5. The Morgan fingerprint density at radius 1 is 0.800 bits per heavy atom. The predicted octanol–water partition coefficient (Wildman–Crippen LogP) is 5.08. The summed E-state index contributed by atoms with van der Waals surface area (Å²) in [4.78, 5) is 45.0. The van der Waals surface area contributed by atoms with Crippen molar-refractivity contribution in [1.29, 1.82) is 5.41 Å². The number of likely N-dealkylation sites (tertiary alicyclic amines) is 1. The van der Waals surface area contributed by atoms with Gasteiger partial charge in [-0.15, -0.1) is 0 Å². The van der Waals surface area contributed by atoms with Gasteiger partial charge in [-0.3, -0.25) is 10.2 Å². The number of hydrogen-bond acceptors (Lipinski definition) is 10. The minimum absolute atomic E-state index is 0.0585. The molecule has 5 N–H and O–H groups in total. The van der Waals surface area contributed by atoms with Crippen LogP contribution in [0.25, 0.3) is 0 Å². The minimum atomic E-state index is -1.21. The van der Waals surface area contributed by atoms with Crippen LogP contribution in [0.3, 0.4) is 0 Å². The summed E-state index contributed by atoms with van der Waals surface area (Å²) in [5.41, 5.74) is 0.686. The van der Waals surface area contributed by atoms with Gasteiger partial charge in [0, 0.05) is 18.7 Å². The summed E-state index contributed by atoms with van der Waals surface area (Å²) in [6.07, 6.45) is -3.04. The normalized spacial score (nSPS) is 16.7. The molecule has 268 valence electrons. The zero-order valence-electron chi connectivity index (χ0n) is 29.3. The topological polar surface area (TPSA) is 175 Å². The highest BCUT2D eigenvalue weighted by Gasteiger charge is 2.39. The Hall–Kier alpha value is -5.14. The molecule has 1 aliphatic rings. The third-order valence-corrected chi connectivity index (χ3v) is 7.41. The van der Waals surface area contributed by atoms with E-state index in [4.69, 9.17) is 35.1 Å². The number of nitrogens with zero attached hydrogens (tertiary/aromatic N) is 1. The van der Waals surface area contributed by atoms with Gasteiger partial charge in [-0.05, 0) is 76.9 Å². The van der Waals surface area contributed by atoms with Gasteiger partial charge in [0.05, 0.1) is 12.1 Å². The second-order valence-electron chi connectivity index (χ2n) is 13.9. The Balaban J connectivity index is 1.37. The molecular weight excluding hydrogens is 642 g/mol. The standard InChI is InChI=1S/C37H47N5O8/c1-36(2,3)48-34(44)41-29-22-42(35(45)49-37(4,5)6)21-28(29)40-32(38)26-17-19-27(20-18-26)46-23-30(50-39)33(43)47-31(24-13-9-7-10-14-24)25-15-11-8-12-16-25/h7-20,28-31H,21-23,39H2,1-6H3,(H2,38,40)(H,41,44)/t28?,29?,30-/m0/s1. The maximum atomic E-state index is 13.1. The summed E-state index contributed by atoms with van der Waals surface area (Å²) in [5.74, 6) is 5.25. The van der Waals surface area contributed by atoms with Gasteiger partial charge in [0.1, 0.15) is 29.4 Å². The van der Waals surface area contributed by atoms with Crippen molar-refractivity contribution in [3.05, 3.63) is 102 Å². The second kappa shape index (κ2) is 16.5. The molecular formula is C37H47N5O8. The van der Waals surface area contributed by atoms with Crippen molar-refractivity contribution in [2.75, 3.05) is 19.7 Å². The lowest BCUT2D eigenvalue weighted by molar-refractivity contribution is -0.163. The number of amidine groups is 1. The minimum Gasteiger partial charge on any atom is -0.490 e. The lowest BCUT2D eigenvalue weighted by Gasteiger charge is -2.25. The number of carbonyl (C=O) groups is 3. The summed E-state index contributed by atoms with van der Waals surface area (Å²) in [6, 6.07) is 24.2. The highest BCUT2D eigenvalue weighted by molar-refractivity contribution is 5.96. The smallest absolute Gasteiger partial charge is 0.410 e. The summed E-state index contributed by atoms with van der Waals surface area (Å²) >= 11 is 0. The van der Waals surface area contributed by atoms with Gasteiger partial charge in [0.15, 0.2) is 6.10 Å². The van der Waals surface area contributed by atoms with Crippen LogP contribution in [0, 0.1) is 5.41 Å². The second-order valence-corrected chi connectivity index (χ2v) is 13.9. The molecule has 4 rings (SSSR count). The first-order valence-corrected chi connectivity index (χ1v) is 16.3. The molecule has 0 aromatic heterocycles. The Bertz CT molecular complexity index is 1550. The number of hydrogen-bond donors (Lipinski definition) is 4. The van der Waals surface area contributed by atoms with E-state index >= 15 is 0 Å². The highest BCUT2D eigenvalue weighted by Crippen LogP contribution is 2.27. The highest BCUT2D eigenvalue weighted by atomic mass is 16.7. The van der Waals surface area contributed by atoms with Gasteiger partial charge < -0.3 is 34.5 Å². The van der Waals surface area contributed by atoms with E-state index in [1.54, 1.807) is 65.8 Å². The molecule has 2 unspecified atom stereocenters. The van der Waals surface area contributed by atoms with Crippen LogP contribution in [-0.4, -0.2) is 78.0 Å². The third kappa shape index (κ3) is 11.2. The zero-order valence-corrected chi connectivity index (χ0v) is 29.3. The number of carbonyl (C=O) groups excluding carboxylic acids is 3. The van der Waals surface area contributed by atoms with E-state index in [1.807, 2.05) is 60.7 Å². The third-order valence-electron chi connectivity index (χ3n) is 7.41. The van der Waals surface area contributed by atoms with Crippen molar-refractivity contribution >= 4 is 24.0 Å². The maximum Gasteiger partial charge on any atom is 0.410 e. The van der Waals surface area contributed by atoms with E-state index in [0.29, 0.717) is 11.3 Å². The van der Waals surface area contributed by atoms with Crippen LogP contribution in [-0.2, 0) is 23.8 Å². The van der Waals surface area contributed by atoms with Gasteiger partial charge in [-0.2, -0.15) is 0 Å². The molecule has 1 saturated heterocycles. The molecule has 13 nitrogen and oxygen atoms in total. The van der Waals surface area contributed by atoms with E-state index in [2.05, 4.69) is 10.6 Å². The Morgan fingerprint density at radius 2 is 1.32 bits per heavy atom. The van der Waals surface area contributed by atoms with Crippen molar-refractivity contribution < 1.29 is 38.2 Å². The molecule has 0 radical (unpaired) electrons. The van der Waals surface area contributed by atoms with Crippen LogP contribution in [0.5, 0.6) is 5.75 Å². The van der Waals surface area contributed by atoms with E-state index in [-0.39, 0.29) is 25.5 Å². The van der Waals surface area contributed by atoms with Gasteiger partial charge in [-0.25, -0.2) is 20.3 Å². The van der Waals surface area contributed by atoms with Gasteiger partial charge in [-0.1, -0.05) is 60.7 Å². The van der Waals surface area contributed by atoms with Crippen LogP contribution in [0.1, 0.15) is 64.3 Å². The lowest BCUT2D eigenvalue weighted by Crippen LogP contribution is -2.51. The summed E-state index contributed by atoms with van der Waals surface area (Å²) in [7, 11) is 0. The van der Waals surface area contributed by atoms with Crippen molar-refractivity contribution in [1.82, 2.24) is 15.5 Å². The number of benzene rings is 3. The molecule has 2 amide bonds. The molecule has 0 aliphatic carbocycles. The predicted molar refractivity (Wildman–Crippen MR) is 187 cm³/mol. The van der Waals surface area contributed by atoms with E-state index < -0.39 is 53.6 Å². The molecule has 0 spiro atoms. The van der Waals surface area contributed by atoms with Gasteiger partial charge in [0.2, 0.25) is 6.10 Å². The average molecular weight is 690 g/mol. The lowest BCUT2D eigenvalue weighted by atomic mass is 10.0. The van der Waals surface area contributed by atoms with E-state index in [0.717, 1.165) is 11.1 Å². The fourth-order valence-corrected chi connectivity index (χ4v) is 5.13. The largest absolute Gasteiger partial charge is 0.490 e. The van der Waals surface area contributed by atoms with Crippen LogP contribution in [0.15, 0.2) is 84.9 Å². The van der Waals surface area contributed by atoms with E-state index in [1.165, 1.54) is 4.90 Å². The molecule has 0 saturated carbocycles. The molecule has 50 heavy (non-hydrogen) atoms. The Kier molecular flexibility index (Phi) is 12.4. The molecule has 1 fully saturated rings. The van der Waals surface area contributed by atoms with Crippen molar-refractivity contribution in [3.63, 3.8) is 0 Å². The first kappa shape index (κ1) is 37.7. The average Bonchev–Trinajstić information content (AvgIpc) is 3.45. The van der Waals surface area contributed by atoms with E-state index in [9.17, 15) is 14.4 Å². The number of rotatable bonds is 11. The first-order chi connectivity index (χ1) is 23.6. The van der Waals surface area contributed by atoms with Gasteiger partial charge in [0.25, 0.3) is 0 Å². The number of alkyl carbamates (subject to hydrolysis) is 1. The SMILES string of the molecule is CC(C)(C)OC(=O)NC1CN(C(=O)OC(C)(C)C)CC1NC(=N)c1ccc(OC[C@H](ON)C(=O)OC(c2ccccc2)c2ccccc2)cc1. The van der Waals surface area contributed by atoms with Crippen molar-refractivity contribution in [2.45, 2.75) is 77.0 Å². The fourth-order valence-electron chi connectivity index (χ4n) is 5.13. The molecule has 13 heteroatoms. The molecule has 1 heterocycles. The number of nitrogens with two attached hydrogens (primary N) is 1. The van der Waals surface area contributed by atoms with Crippen molar-refractivity contribution in [2.24, 2.45) is 5.90 Å². The number of esters is 1. The first-order valence-electron chi connectivity index (χ1n) is 16.3. The van der Waals surface area contributed by atoms with Crippen LogP contribution < -0.4 is 21.3 Å². The number of ether oxygens (including phenoxy) is 4. The Labute approximate surface area is 292 Å². The van der Waals surface area contributed by atoms with Gasteiger partial charge >= 0.3 is 18.2 Å². The Morgan fingerprint density at radius 3 is 1.82 bits per heavy atom. The van der Waals surface area contributed by atoms with Crippen LogP contribution in [0.2, 0.25) is 0 Å². The quantitative estimate of drug-likeness (QED) is 0.0699. The van der Waals surface area contributed by atoms with Crippen LogP contribution >= 0.6 is 0 Å². The van der Waals surface area contributed by atoms with Crippen LogP contribution in [0.4, 0.5) is 9.59 Å². The molecule has 1 aliphatic heterocycles. The monoisotopic (exact) mass is 689 g/mol. The molecule has 3 aromatic rings. The maximum absolute atomic E-state index is 13.1. The summed E-state index contributed by atoms with van der Waals surface area (Å²) in [6.45, 7) is 10.7.